The molecule has 1 saturated carbocycles. The fourth-order valence-corrected chi connectivity index (χ4v) is 5.12. The largest absolute Gasteiger partial charge is 0.353 e. The second kappa shape index (κ2) is 11.0. The average Bonchev–Trinajstić information content (AvgIpc) is 3.27. The van der Waals surface area contributed by atoms with E-state index in [4.69, 9.17) is 5.10 Å². The molecule has 0 bridgehead atoms. The van der Waals surface area contributed by atoms with Gasteiger partial charge in [0, 0.05) is 42.5 Å². The van der Waals surface area contributed by atoms with Gasteiger partial charge in [-0.25, -0.2) is 9.97 Å². The molecule has 1 fully saturated rings. The van der Waals surface area contributed by atoms with E-state index in [2.05, 4.69) is 76.6 Å². The molecule has 7 heteroatoms. The Kier molecular flexibility index (Phi) is 7.37. The first kappa shape index (κ1) is 24.1. The molecule has 0 saturated heterocycles. The Morgan fingerprint density at radius 3 is 2.47 bits per heavy atom. The van der Waals surface area contributed by atoms with Gasteiger partial charge in [0.1, 0.15) is 18.6 Å². The van der Waals surface area contributed by atoms with Crippen LogP contribution in [0.5, 0.6) is 0 Å². The van der Waals surface area contributed by atoms with Gasteiger partial charge in [-0.05, 0) is 50.1 Å². The standard InChI is InChI=1S/C29H34N6O/c1-21-8-10-22(11-9-21)23-12-13-26-27(16-23)35(33-29(26)24-17-30-20-31-18-24)19-28(36)32-14-15-34(2)25-6-4-3-5-7-25/h8-13,16-18,20,25H,3-7,14-15,19H2,1-2H3,(H,32,36). The number of hydrogen-bond acceptors (Lipinski definition) is 5. The number of carbonyl (C=O) groups is 1. The van der Waals surface area contributed by atoms with Gasteiger partial charge in [0.05, 0.1) is 5.52 Å². The van der Waals surface area contributed by atoms with Crippen LogP contribution in [0.4, 0.5) is 0 Å². The van der Waals surface area contributed by atoms with Crippen LogP contribution in [0.25, 0.3) is 33.3 Å². The SMILES string of the molecule is Cc1ccc(-c2ccc3c(-c4cncnc4)nn(CC(=O)NCCN(C)C4CCCCC4)c3c2)cc1. The van der Waals surface area contributed by atoms with Gasteiger partial charge in [0.25, 0.3) is 0 Å². The molecule has 0 unspecified atom stereocenters. The van der Waals surface area contributed by atoms with Gasteiger partial charge in [-0.15, -0.1) is 0 Å². The number of likely N-dealkylation sites (N-methyl/N-ethyl adjacent to an activating group) is 1. The monoisotopic (exact) mass is 482 g/mol. The maximum Gasteiger partial charge on any atom is 0.241 e. The molecule has 0 radical (unpaired) electrons. The van der Waals surface area contributed by atoms with Crippen LogP contribution in [0.3, 0.4) is 0 Å². The maximum atomic E-state index is 12.9. The minimum Gasteiger partial charge on any atom is -0.353 e. The van der Waals surface area contributed by atoms with E-state index >= 15 is 0 Å². The molecule has 0 atom stereocenters. The number of nitrogens with one attached hydrogen (secondary N) is 1. The van der Waals surface area contributed by atoms with Gasteiger partial charge in [-0.3, -0.25) is 9.48 Å². The van der Waals surface area contributed by atoms with Crippen LogP contribution in [-0.2, 0) is 11.3 Å². The summed E-state index contributed by atoms with van der Waals surface area (Å²) in [6.45, 7) is 3.75. The molecule has 4 aromatic rings. The maximum absolute atomic E-state index is 12.9. The van der Waals surface area contributed by atoms with E-state index in [1.807, 2.05) is 0 Å². The second-order valence-corrected chi connectivity index (χ2v) is 9.85. The van der Waals surface area contributed by atoms with Crippen LogP contribution in [0.2, 0.25) is 0 Å². The molecule has 186 valence electrons. The Labute approximate surface area is 212 Å². The Morgan fingerprint density at radius 1 is 1.00 bits per heavy atom. The lowest BCUT2D eigenvalue weighted by Crippen LogP contribution is -2.40. The van der Waals surface area contributed by atoms with E-state index < -0.39 is 0 Å². The number of carbonyl (C=O) groups excluding carboxylic acids is 1. The molecule has 2 aromatic carbocycles. The summed E-state index contributed by atoms with van der Waals surface area (Å²) < 4.78 is 1.80. The van der Waals surface area contributed by atoms with E-state index in [0.717, 1.165) is 39.8 Å². The van der Waals surface area contributed by atoms with Gasteiger partial charge in [-0.1, -0.05) is 55.2 Å². The second-order valence-electron chi connectivity index (χ2n) is 9.85. The molecule has 0 spiro atoms. The molecule has 7 nitrogen and oxygen atoms in total. The van der Waals surface area contributed by atoms with Crippen molar-refractivity contribution in [1.29, 1.82) is 0 Å². The van der Waals surface area contributed by atoms with Crippen LogP contribution in [-0.4, -0.2) is 56.7 Å². The van der Waals surface area contributed by atoms with Gasteiger partial charge < -0.3 is 10.2 Å². The number of fused-ring (bicyclic) bond motifs is 1. The third-order valence-electron chi connectivity index (χ3n) is 7.25. The van der Waals surface area contributed by atoms with E-state index in [0.29, 0.717) is 12.6 Å². The van der Waals surface area contributed by atoms with Gasteiger partial charge >= 0.3 is 0 Å². The summed E-state index contributed by atoms with van der Waals surface area (Å²) in [6, 6.07) is 15.4. The van der Waals surface area contributed by atoms with E-state index in [9.17, 15) is 4.79 Å². The fraction of sp³-hybridized carbons (Fsp3) is 0.379. The minimum absolute atomic E-state index is 0.0342. The summed E-state index contributed by atoms with van der Waals surface area (Å²) in [6.07, 6.45) is 11.5. The number of hydrogen-bond donors (Lipinski definition) is 1. The highest BCUT2D eigenvalue weighted by Crippen LogP contribution is 2.31. The number of nitrogens with zero attached hydrogens (tertiary/aromatic N) is 5. The minimum atomic E-state index is -0.0342. The van der Waals surface area contributed by atoms with Crippen molar-refractivity contribution in [2.24, 2.45) is 0 Å². The van der Waals surface area contributed by atoms with E-state index in [-0.39, 0.29) is 12.5 Å². The Balaban J connectivity index is 1.36. The Hall–Kier alpha value is -3.58. The summed E-state index contributed by atoms with van der Waals surface area (Å²) >= 11 is 0. The summed E-state index contributed by atoms with van der Waals surface area (Å²) in [5.74, 6) is -0.0342. The molecule has 1 aliphatic rings. The molecule has 2 heterocycles. The predicted octanol–water partition coefficient (Wildman–Crippen LogP) is 4.85. The highest BCUT2D eigenvalue weighted by Gasteiger charge is 2.19. The van der Waals surface area contributed by atoms with Gasteiger partial charge in [0.2, 0.25) is 5.91 Å². The molecular formula is C29H34N6O. The van der Waals surface area contributed by atoms with E-state index in [1.54, 1.807) is 17.1 Å². The first-order chi connectivity index (χ1) is 17.6. The molecule has 0 aliphatic heterocycles. The lowest BCUT2D eigenvalue weighted by molar-refractivity contribution is -0.121. The van der Waals surface area contributed by atoms with Crippen LogP contribution in [0, 0.1) is 6.92 Å². The molecule has 1 aliphatic carbocycles. The fourth-order valence-electron chi connectivity index (χ4n) is 5.12. The topological polar surface area (TPSA) is 75.9 Å². The lowest BCUT2D eigenvalue weighted by Gasteiger charge is -2.31. The lowest BCUT2D eigenvalue weighted by atomic mass is 9.94. The Morgan fingerprint density at radius 2 is 1.72 bits per heavy atom. The highest BCUT2D eigenvalue weighted by atomic mass is 16.2. The van der Waals surface area contributed by atoms with Gasteiger partial charge in [0.15, 0.2) is 0 Å². The number of amides is 1. The van der Waals surface area contributed by atoms with Gasteiger partial charge in [-0.2, -0.15) is 5.10 Å². The zero-order chi connectivity index (χ0) is 24.9. The normalized spacial score (nSPS) is 14.4. The third-order valence-corrected chi connectivity index (χ3v) is 7.25. The molecular weight excluding hydrogens is 448 g/mol. The Bertz CT molecular complexity index is 1310. The zero-order valence-electron chi connectivity index (χ0n) is 21.2. The number of aromatic nitrogens is 4. The van der Waals surface area contributed by atoms with Crippen molar-refractivity contribution in [2.45, 2.75) is 51.6 Å². The van der Waals surface area contributed by atoms with Crippen LogP contribution in [0.15, 0.2) is 61.2 Å². The zero-order valence-corrected chi connectivity index (χ0v) is 21.2. The summed E-state index contributed by atoms with van der Waals surface area (Å²) in [5, 5.41) is 8.91. The number of benzene rings is 2. The van der Waals surface area contributed by atoms with Crippen molar-refractivity contribution in [2.75, 3.05) is 20.1 Å². The van der Waals surface area contributed by atoms with Crippen LogP contribution in [0.1, 0.15) is 37.7 Å². The predicted molar refractivity (Wildman–Crippen MR) is 143 cm³/mol. The average molecular weight is 483 g/mol. The van der Waals surface area contributed by atoms with E-state index in [1.165, 1.54) is 44.0 Å². The van der Waals surface area contributed by atoms with Crippen molar-refractivity contribution >= 4 is 16.8 Å². The highest BCUT2D eigenvalue weighted by molar-refractivity contribution is 5.96. The molecule has 2 aromatic heterocycles. The first-order valence-electron chi connectivity index (χ1n) is 12.9. The molecule has 5 rings (SSSR count). The van der Waals surface area contributed by atoms with Crippen molar-refractivity contribution < 1.29 is 4.79 Å². The van der Waals surface area contributed by atoms with Crippen molar-refractivity contribution in [3.05, 3.63) is 66.7 Å². The van der Waals surface area contributed by atoms with Crippen LogP contribution < -0.4 is 5.32 Å². The van der Waals surface area contributed by atoms with Crippen molar-refractivity contribution in [3.8, 4) is 22.4 Å². The van der Waals surface area contributed by atoms with Crippen molar-refractivity contribution in [1.82, 2.24) is 30.0 Å². The van der Waals surface area contributed by atoms with Crippen molar-refractivity contribution in [3.63, 3.8) is 0 Å². The molecule has 36 heavy (non-hydrogen) atoms. The number of rotatable bonds is 8. The molecule has 1 amide bonds. The summed E-state index contributed by atoms with van der Waals surface area (Å²) in [5.41, 5.74) is 5.98. The van der Waals surface area contributed by atoms with Crippen LogP contribution >= 0.6 is 0 Å². The summed E-state index contributed by atoms with van der Waals surface area (Å²) in [4.78, 5) is 23.7. The third kappa shape index (κ3) is 5.46. The summed E-state index contributed by atoms with van der Waals surface area (Å²) in [7, 11) is 2.17. The molecule has 1 N–H and O–H groups in total. The first-order valence-corrected chi connectivity index (χ1v) is 12.9. The quantitative estimate of drug-likeness (QED) is 0.389. The smallest absolute Gasteiger partial charge is 0.241 e. The number of aryl methyl sites for hydroxylation is 1.